The highest BCUT2D eigenvalue weighted by Crippen LogP contribution is 2.22. The first kappa shape index (κ1) is 17.6. The molecule has 0 radical (unpaired) electrons. The quantitative estimate of drug-likeness (QED) is 0.678. The van der Waals surface area contributed by atoms with E-state index in [2.05, 4.69) is 42.2 Å². The summed E-state index contributed by atoms with van der Waals surface area (Å²) in [7, 11) is 3.82. The van der Waals surface area contributed by atoms with Crippen LogP contribution in [-0.2, 0) is 17.9 Å². The Bertz CT molecular complexity index is 824. The van der Waals surface area contributed by atoms with Gasteiger partial charge in [0.1, 0.15) is 5.01 Å². The van der Waals surface area contributed by atoms with Crippen molar-refractivity contribution in [1.82, 2.24) is 14.8 Å². The molecule has 0 saturated heterocycles. The molecular weight excluding hydrogens is 330 g/mol. The lowest BCUT2D eigenvalue weighted by Crippen LogP contribution is -2.36. The Kier molecular flexibility index (Phi) is 5.46. The van der Waals surface area contributed by atoms with Crippen LogP contribution in [0.25, 0.3) is 10.2 Å². The molecule has 3 aromatic rings. The van der Waals surface area contributed by atoms with E-state index in [9.17, 15) is 4.79 Å². The number of thiazole rings is 1. The molecule has 0 atom stereocenters. The molecule has 0 bridgehead atoms. The lowest BCUT2D eigenvalue weighted by Gasteiger charge is -2.21. The number of aromatic nitrogens is 1. The van der Waals surface area contributed by atoms with E-state index in [1.807, 2.05) is 37.2 Å². The summed E-state index contributed by atoms with van der Waals surface area (Å²) < 4.78 is 1.19. The lowest BCUT2D eigenvalue weighted by atomic mass is 10.1. The molecule has 0 aliphatic rings. The fourth-order valence-corrected chi connectivity index (χ4v) is 3.73. The number of likely N-dealkylation sites (N-methyl/N-ethyl adjacent to an activating group) is 2. The van der Waals surface area contributed by atoms with Crippen molar-refractivity contribution in [3.63, 3.8) is 0 Å². The van der Waals surface area contributed by atoms with Crippen molar-refractivity contribution in [2.24, 2.45) is 0 Å². The monoisotopic (exact) mass is 353 g/mol. The first-order valence-corrected chi connectivity index (χ1v) is 9.15. The van der Waals surface area contributed by atoms with Gasteiger partial charge in [-0.1, -0.05) is 42.0 Å². The van der Waals surface area contributed by atoms with Crippen LogP contribution < -0.4 is 0 Å². The zero-order valence-electron chi connectivity index (χ0n) is 14.9. The fraction of sp³-hybridized carbons (Fsp3) is 0.300. The third-order valence-electron chi connectivity index (χ3n) is 4.11. The zero-order valence-corrected chi connectivity index (χ0v) is 15.7. The van der Waals surface area contributed by atoms with Crippen LogP contribution in [0.3, 0.4) is 0 Å². The minimum absolute atomic E-state index is 0.115. The van der Waals surface area contributed by atoms with Gasteiger partial charge in [0.2, 0.25) is 5.91 Å². The number of carbonyl (C=O) groups excluding carboxylic acids is 1. The Morgan fingerprint density at radius 3 is 2.48 bits per heavy atom. The van der Waals surface area contributed by atoms with Crippen LogP contribution in [-0.4, -0.2) is 41.3 Å². The van der Waals surface area contributed by atoms with Crippen molar-refractivity contribution in [2.45, 2.75) is 20.0 Å². The highest BCUT2D eigenvalue weighted by molar-refractivity contribution is 7.18. The molecule has 0 aliphatic carbocycles. The van der Waals surface area contributed by atoms with E-state index >= 15 is 0 Å². The maximum Gasteiger partial charge on any atom is 0.236 e. The van der Waals surface area contributed by atoms with Gasteiger partial charge in [0.25, 0.3) is 0 Å². The van der Waals surface area contributed by atoms with E-state index in [0.29, 0.717) is 19.6 Å². The van der Waals surface area contributed by atoms with Crippen LogP contribution >= 0.6 is 11.3 Å². The molecule has 1 heterocycles. The Balaban J connectivity index is 1.55. The van der Waals surface area contributed by atoms with Crippen molar-refractivity contribution >= 4 is 27.5 Å². The minimum atomic E-state index is 0.115. The molecule has 0 N–H and O–H groups in total. The van der Waals surface area contributed by atoms with E-state index in [-0.39, 0.29) is 5.91 Å². The third kappa shape index (κ3) is 4.65. The van der Waals surface area contributed by atoms with Gasteiger partial charge in [-0.05, 0) is 31.7 Å². The minimum Gasteiger partial charge on any atom is -0.340 e. The Labute approximate surface area is 152 Å². The summed E-state index contributed by atoms with van der Waals surface area (Å²) in [5.41, 5.74) is 3.40. The van der Waals surface area contributed by atoms with Gasteiger partial charge in [0.05, 0.1) is 23.3 Å². The number of amides is 1. The maximum atomic E-state index is 12.5. The van der Waals surface area contributed by atoms with Crippen molar-refractivity contribution in [3.8, 4) is 0 Å². The number of rotatable bonds is 6. The van der Waals surface area contributed by atoms with Gasteiger partial charge in [-0.3, -0.25) is 9.69 Å². The summed E-state index contributed by atoms with van der Waals surface area (Å²) >= 11 is 1.69. The molecule has 4 nitrogen and oxygen atoms in total. The molecule has 1 amide bonds. The third-order valence-corrected chi connectivity index (χ3v) is 5.14. The van der Waals surface area contributed by atoms with Gasteiger partial charge < -0.3 is 4.90 Å². The number of hydrogen-bond donors (Lipinski definition) is 0. The predicted molar refractivity (Wildman–Crippen MR) is 104 cm³/mol. The van der Waals surface area contributed by atoms with Crippen LogP contribution in [0.4, 0.5) is 0 Å². The zero-order chi connectivity index (χ0) is 17.8. The van der Waals surface area contributed by atoms with Gasteiger partial charge >= 0.3 is 0 Å². The first-order chi connectivity index (χ1) is 12.0. The average Bonchev–Trinajstić information content (AvgIpc) is 2.98. The number of hydrogen-bond acceptors (Lipinski definition) is 4. The highest BCUT2D eigenvalue weighted by Gasteiger charge is 2.14. The molecular formula is C20H23N3OS. The van der Waals surface area contributed by atoms with Crippen LogP contribution in [0.1, 0.15) is 16.1 Å². The summed E-state index contributed by atoms with van der Waals surface area (Å²) in [6, 6.07) is 16.4. The fourth-order valence-electron chi connectivity index (χ4n) is 2.68. The summed E-state index contributed by atoms with van der Waals surface area (Å²) in [4.78, 5) is 20.9. The number of fused-ring (bicyclic) bond motifs is 1. The number of carbonyl (C=O) groups is 1. The second kappa shape index (κ2) is 7.76. The molecule has 5 heteroatoms. The topological polar surface area (TPSA) is 36.4 Å². The molecule has 0 unspecified atom stereocenters. The highest BCUT2D eigenvalue weighted by atomic mass is 32.1. The second-order valence-electron chi connectivity index (χ2n) is 6.48. The Morgan fingerprint density at radius 2 is 1.76 bits per heavy atom. The Hall–Kier alpha value is -2.24. The normalized spacial score (nSPS) is 11.2. The van der Waals surface area contributed by atoms with Crippen LogP contribution in [0.15, 0.2) is 48.5 Å². The first-order valence-electron chi connectivity index (χ1n) is 8.34. The van der Waals surface area contributed by atoms with Crippen molar-refractivity contribution in [1.29, 1.82) is 0 Å². The summed E-state index contributed by atoms with van der Waals surface area (Å²) in [6.07, 6.45) is 0. The number of aryl methyl sites for hydroxylation is 1. The molecule has 0 fully saturated rings. The van der Waals surface area contributed by atoms with Gasteiger partial charge in [-0.25, -0.2) is 4.98 Å². The smallest absolute Gasteiger partial charge is 0.236 e. The van der Waals surface area contributed by atoms with E-state index in [1.54, 1.807) is 16.2 Å². The van der Waals surface area contributed by atoms with Gasteiger partial charge in [0.15, 0.2) is 0 Å². The molecule has 25 heavy (non-hydrogen) atoms. The van der Waals surface area contributed by atoms with Gasteiger partial charge in [-0.15, -0.1) is 11.3 Å². The molecule has 1 aromatic heterocycles. The van der Waals surface area contributed by atoms with E-state index in [4.69, 9.17) is 0 Å². The summed E-state index contributed by atoms with van der Waals surface area (Å²) in [5, 5.41) is 1.04. The Morgan fingerprint density at radius 1 is 1.04 bits per heavy atom. The van der Waals surface area contributed by atoms with Crippen molar-refractivity contribution in [2.75, 3.05) is 20.6 Å². The maximum absolute atomic E-state index is 12.5. The van der Waals surface area contributed by atoms with E-state index in [1.165, 1.54) is 10.3 Å². The average molecular weight is 353 g/mol. The predicted octanol–water partition coefficient (Wildman–Crippen LogP) is 3.70. The molecule has 130 valence electrons. The lowest BCUT2D eigenvalue weighted by molar-refractivity contribution is -0.131. The van der Waals surface area contributed by atoms with Crippen LogP contribution in [0, 0.1) is 6.92 Å². The molecule has 0 spiro atoms. The number of benzene rings is 2. The largest absolute Gasteiger partial charge is 0.340 e. The SMILES string of the molecule is Cc1ccc(CN(C)C(=O)CN(C)Cc2nc3ccccc3s2)cc1. The summed E-state index contributed by atoms with van der Waals surface area (Å²) in [6.45, 7) is 3.77. The van der Waals surface area contributed by atoms with Crippen molar-refractivity contribution in [3.05, 3.63) is 64.7 Å². The van der Waals surface area contributed by atoms with Crippen LogP contribution in [0.5, 0.6) is 0 Å². The van der Waals surface area contributed by atoms with Gasteiger partial charge in [-0.2, -0.15) is 0 Å². The molecule has 3 rings (SSSR count). The molecule has 2 aromatic carbocycles. The number of nitrogens with zero attached hydrogens (tertiary/aromatic N) is 3. The standard InChI is InChI=1S/C20H23N3OS/c1-15-8-10-16(11-9-15)12-23(3)20(24)14-22(2)13-19-21-17-6-4-5-7-18(17)25-19/h4-11H,12-14H2,1-3H3. The van der Waals surface area contributed by atoms with Gasteiger partial charge in [0, 0.05) is 13.6 Å². The second-order valence-corrected chi connectivity index (χ2v) is 7.60. The van der Waals surface area contributed by atoms with E-state index in [0.717, 1.165) is 16.1 Å². The van der Waals surface area contributed by atoms with Crippen LogP contribution in [0.2, 0.25) is 0 Å². The van der Waals surface area contributed by atoms with E-state index < -0.39 is 0 Å². The molecule has 0 saturated carbocycles. The van der Waals surface area contributed by atoms with Crippen molar-refractivity contribution < 1.29 is 4.79 Å². The summed E-state index contributed by atoms with van der Waals surface area (Å²) in [5.74, 6) is 0.115. The molecule has 0 aliphatic heterocycles. The number of para-hydroxylation sites is 1.